The zero-order chi connectivity index (χ0) is 38.2. The molecule has 5 aromatic carbocycles. The number of halogens is 1. The monoisotopic (exact) mass is 791 g/mol. The number of unbranched alkanes of at least 4 members (excludes halogenated alkanes) is 1. The lowest BCUT2D eigenvalue weighted by Crippen LogP contribution is -2.36. The Bertz CT molecular complexity index is 2540. The minimum Gasteiger partial charge on any atom is -0.501 e. The van der Waals surface area contributed by atoms with Crippen molar-refractivity contribution >= 4 is 50.3 Å². The van der Waals surface area contributed by atoms with E-state index in [1.54, 1.807) is 19.2 Å². The number of aryl methyl sites for hydroxylation is 1. The van der Waals surface area contributed by atoms with Gasteiger partial charge in [-0.05, 0) is 102 Å². The van der Waals surface area contributed by atoms with Crippen molar-refractivity contribution in [2.75, 3.05) is 18.6 Å². The molecular formula is C48H42BrNO5. The average Bonchev–Trinajstić information content (AvgIpc) is 3.60. The van der Waals surface area contributed by atoms with Crippen LogP contribution in [0.4, 0.5) is 5.69 Å². The highest BCUT2D eigenvalue weighted by atomic mass is 79.9. The number of rotatable bonds is 8. The second-order valence-corrected chi connectivity index (χ2v) is 16.3. The molecule has 1 atom stereocenters. The van der Waals surface area contributed by atoms with Gasteiger partial charge in [-0.3, -0.25) is 9.59 Å². The number of ether oxygens (including phenoxy) is 3. The van der Waals surface area contributed by atoms with Gasteiger partial charge in [-0.15, -0.1) is 0 Å². The number of carbonyl (C=O) groups excluding carboxylic acids is 2. The smallest absolute Gasteiger partial charge is 0.266 e. The second-order valence-electron chi connectivity index (χ2n) is 15.4. The number of imide groups is 1. The van der Waals surface area contributed by atoms with Crippen molar-refractivity contribution < 1.29 is 23.8 Å². The summed E-state index contributed by atoms with van der Waals surface area (Å²) in [5.74, 6) is 1.99. The molecule has 0 saturated heterocycles. The second kappa shape index (κ2) is 13.1. The maximum Gasteiger partial charge on any atom is 0.266 e. The van der Waals surface area contributed by atoms with Crippen LogP contribution in [0, 0.1) is 6.92 Å². The Kier molecular flexibility index (Phi) is 8.43. The van der Waals surface area contributed by atoms with E-state index in [0.29, 0.717) is 23.4 Å². The van der Waals surface area contributed by atoms with Crippen LogP contribution in [0.3, 0.4) is 0 Å². The molecule has 9 rings (SSSR count). The van der Waals surface area contributed by atoms with Crippen molar-refractivity contribution in [1.29, 1.82) is 0 Å². The Hall–Kier alpha value is -5.40. The molecule has 4 aliphatic rings. The number of hydrogen-bond donors (Lipinski definition) is 0. The highest BCUT2D eigenvalue weighted by molar-refractivity contribution is 9.10. The van der Waals surface area contributed by atoms with Gasteiger partial charge in [0.05, 0.1) is 36.3 Å². The van der Waals surface area contributed by atoms with Gasteiger partial charge in [0.2, 0.25) is 0 Å². The molecule has 0 spiro atoms. The predicted octanol–water partition coefficient (Wildman–Crippen LogP) is 11.7. The SMILES string of the molecule is CCCCOc1ccc(C2(C3=CC=C(OC)CC3)C=Cc3c4c(c5ccccc5c3O2)-c2c(cc(C)c3c2C(=O)N(c2ccc(Br)cc2)C3=O)C4(C)C)cc1. The fraction of sp³-hybridized carbons (Fsp3) is 0.250. The molecular weight excluding hydrogens is 750 g/mol. The van der Waals surface area contributed by atoms with Crippen molar-refractivity contribution in [3.8, 4) is 22.6 Å². The molecule has 1 unspecified atom stereocenters. The van der Waals surface area contributed by atoms with E-state index in [4.69, 9.17) is 14.2 Å². The first-order valence-corrected chi connectivity index (χ1v) is 19.9. The van der Waals surface area contributed by atoms with Gasteiger partial charge in [-0.2, -0.15) is 0 Å². The largest absolute Gasteiger partial charge is 0.501 e. The third kappa shape index (κ3) is 5.26. The number of anilines is 1. The highest BCUT2D eigenvalue weighted by Crippen LogP contribution is 2.60. The number of methoxy groups -OCH3 is 1. The molecule has 0 bridgehead atoms. The zero-order valence-electron chi connectivity index (χ0n) is 31.7. The molecule has 276 valence electrons. The fourth-order valence-electron chi connectivity index (χ4n) is 9.08. The molecule has 0 saturated carbocycles. The Labute approximate surface area is 330 Å². The summed E-state index contributed by atoms with van der Waals surface area (Å²) in [5, 5.41) is 1.94. The molecule has 0 fully saturated rings. The van der Waals surface area contributed by atoms with Crippen LogP contribution in [-0.2, 0) is 15.8 Å². The van der Waals surface area contributed by atoms with Crippen LogP contribution in [0.25, 0.3) is 28.0 Å². The quantitative estimate of drug-likeness (QED) is 0.116. The van der Waals surface area contributed by atoms with Gasteiger partial charge in [0.1, 0.15) is 11.5 Å². The number of hydrogen-bond acceptors (Lipinski definition) is 5. The topological polar surface area (TPSA) is 65.1 Å². The van der Waals surface area contributed by atoms with Crippen LogP contribution < -0.4 is 14.4 Å². The lowest BCUT2D eigenvalue weighted by molar-refractivity contribution is 0.0926. The van der Waals surface area contributed by atoms with Crippen molar-refractivity contribution in [2.45, 2.75) is 64.4 Å². The first-order chi connectivity index (χ1) is 26.6. The normalized spacial score (nSPS) is 19.0. The minimum absolute atomic E-state index is 0.294. The van der Waals surface area contributed by atoms with Crippen molar-refractivity contribution in [3.05, 3.63) is 152 Å². The number of fused-ring (bicyclic) bond motifs is 10. The van der Waals surface area contributed by atoms with Gasteiger partial charge < -0.3 is 14.2 Å². The lowest BCUT2D eigenvalue weighted by Gasteiger charge is -2.40. The van der Waals surface area contributed by atoms with Gasteiger partial charge >= 0.3 is 0 Å². The summed E-state index contributed by atoms with van der Waals surface area (Å²) in [5.41, 5.74) is 7.98. The molecule has 0 aromatic heterocycles. The van der Waals surface area contributed by atoms with Crippen molar-refractivity contribution in [2.24, 2.45) is 0 Å². The number of benzene rings is 5. The zero-order valence-corrected chi connectivity index (χ0v) is 33.3. The van der Waals surface area contributed by atoms with Crippen LogP contribution in [0.15, 0.2) is 113 Å². The summed E-state index contributed by atoms with van der Waals surface area (Å²) in [6.07, 6.45) is 12.2. The molecule has 5 aromatic rings. The van der Waals surface area contributed by atoms with E-state index in [0.717, 1.165) is 103 Å². The van der Waals surface area contributed by atoms with Crippen LogP contribution >= 0.6 is 15.9 Å². The summed E-state index contributed by atoms with van der Waals surface area (Å²) >= 11 is 3.49. The third-order valence-electron chi connectivity index (χ3n) is 11.8. The number of nitrogens with zero attached hydrogens (tertiary/aromatic N) is 1. The van der Waals surface area contributed by atoms with E-state index < -0.39 is 11.0 Å². The van der Waals surface area contributed by atoms with E-state index in [2.05, 4.69) is 91.3 Å². The summed E-state index contributed by atoms with van der Waals surface area (Å²) < 4.78 is 20.1. The standard InChI is InChI=1S/C48H42BrNO5/c1-6-7-26-54-34-22-14-30(15-23-34)48(29-12-20-33(53-5)21-13-29)25-24-37-43-40(35-10-8-9-11-36(35)44(37)55-48)41-38(47(43,3)4)27-28(2)39-42(41)46(52)50(45(39)51)32-18-16-31(49)17-19-32/h8-12,14-20,22-25,27H,6-7,13,21,26H2,1-5H3. The van der Waals surface area contributed by atoms with E-state index in [-0.39, 0.29) is 11.8 Å². The van der Waals surface area contributed by atoms with Gasteiger partial charge in [-0.25, -0.2) is 4.90 Å². The molecule has 2 aliphatic carbocycles. The Morgan fingerprint density at radius 3 is 2.27 bits per heavy atom. The van der Waals surface area contributed by atoms with E-state index in [1.165, 1.54) is 4.90 Å². The summed E-state index contributed by atoms with van der Waals surface area (Å²) in [6.45, 7) is 9.23. The summed E-state index contributed by atoms with van der Waals surface area (Å²) in [4.78, 5) is 30.2. The Morgan fingerprint density at radius 2 is 1.58 bits per heavy atom. The molecule has 2 aliphatic heterocycles. The molecule has 2 amide bonds. The number of carbonyl (C=O) groups is 2. The van der Waals surface area contributed by atoms with Crippen LogP contribution in [0.2, 0.25) is 0 Å². The van der Waals surface area contributed by atoms with Gasteiger partial charge in [0, 0.05) is 38.4 Å². The molecule has 6 nitrogen and oxygen atoms in total. The molecule has 0 radical (unpaired) electrons. The Balaban J connectivity index is 1.26. The molecule has 0 N–H and O–H groups in total. The average molecular weight is 793 g/mol. The fourth-order valence-corrected chi connectivity index (χ4v) is 9.34. The van der Waals surface area contributed by atoms with Gasteiger partial charge in [0.25, 0.3) is 11.8 Å². The highest BCUT2D eigenvalue weighted by Gasteiger charge is 2.49. The van der Waals surface area contributed by atoms with Crippen molar-refractivity contribution in [3.63, 3.8) is 0 Å². The molecule has 2 heterocycles. The number of allylic oxidation sites excluding steroid dienone is 3. The predicted molar refractivity (Wildman–Crippen MR) is 222 cm³/mol. The van der Waals surface area contributed by atoms with Crippen molar-refractivity contribution in [1.82, 2.24) is 0 Å². The summed E-state index contributed by atoms with van der Waals surface area (Å²) in [6, 6.07) is 26.1. The number of amides is 2. The lowest BCUT2D eigenvalue weighted by atomic mass is 9.75. The first-order valence-electron chi connectivity index (χ1n) is 19.1. The Morgan fingerprint density at radius 1 is 0.855 bits per heavy atom. The minimum atomic E-state index is -0.886. The van der Waals surface area contributed by atoms with Gasteiger partial charge in [-0.1, -0.05) is 97.7 Å². The molecule has 7 heteroatoms. The van der Waals surface area contributed by atoms with Gasteiger partial charge in [0.15, 0.2) is 5.60 Å². The maximum atomic E-state index is 14.6. The van der Waals surface area contributed by atoms with Crippen LogP contribution in [0.5, 0.6) is 11.5 Å². The molecule has 55 heavy (non-hydrogen) atoms. The summed E-state index contributed by atoms with van der Waals surface area (Å²) in [7, 11) is 1.72. The van der Waals surface area contributed by atoms with E-state index in [1.807, 2.05) is 43.3 Å². The third-order valence-corrected chi connectivity index (χ3v) is 12.4. The van der Waals surface area contributed by atoms with E-state index >= 15 is 0 Å². The van der Waals surface area contributed by atoms with E-state index in [9.17, 15) is 9.59 Å². The first kappa shape index (κ1) is 35.3. The van der Waals surface area contributed by atoms with Crippen LogP contribution in [-0.4, -0.2) is 25.5 Å². The maximum absolute atomic E-state index is 14.6. The van der Waals surface area contributed by atoms with Crippen LogP contribution in [0.1, 0.15) is 95.0 Å².